The summed E-state index contributed by atoms with van der Waals surface area (Å²) in [6, 6.07) is 172. The van der Waals surface area contributed by atoms with Gasteiger partial charge in [-0.25, -0.2) is 0 Å². The Morgan fingerprint density at radius 2 is 0.356 bits per heavy atom. The number of rotatable bonds is 10. The van der Waals surface area contributed by atoms with Gasteiger partial charge >= 0.3 is 0 Å². The van der Waals surface area contributed by atoms with E-state index in [1.807, 2.05) is 0 Å². The molecule has 0 N–H and O–H groups in total. The topological polar surface area (TPSA) is 19.7 Å². The Morgan fingerprint density at radius 3 is 0.636 bits per heavy atom. The summed E-state index contributed by atoms with van der Waals surface area (Å²) in [4.78, 5) is 0. The first-order valence-corrected chi connectivity index (χ1v) is 46.4. The van der Waals surface area contributed by atoms with Crippen LogP contribution in [0.5, 0.6) is 0 Å². The average Bonchev–Trinajstić information content (AvgIpc) is 1.60. The van der Waals surface area contributed by atoms with E-state index < -0.39 is 10.8 Å². The molecule has 0 bridgehead atoms. The van der Waals surface area contributed by atoms with Crippen LogP contribution < -0.4 is 0 Å². The molecule has 4 nitrogen and oxygen atoms in total. The van der Waals surface area contributed by atoms with Crippen molar-refractivity contribution in [2.75, 3.05) is 0 Å². The average molecular weight is 1680 g/mol. The fourth-order valence-electron chi connectivity index (χ4n) is 25.0. The first-order valence-electron chi connectivity index (χ1n) is 46.4. The van der Waals surface area contributed by atoms with E-state index >= 15 is 0 Å². The summed E-state index contributed by atoms with van der Waals surface area (Å²) in [6.45, 7) is 9.52. The third-order valence-corrected chi connectivity index (χ3v) is 30.3. The zero-order chi connectivity index (χ0) is 87.5. The van der Waals surface area contributed by atoms with Crippen LogP contribution in [-0.4, -0.2) is 18.3 Å². The van der Waals surface area contributed by atoms with E-state index in [2.05, 4.69) is 507 Å². The molecule has 28 rings (SSSR count). The van der Waals surface area contributed by atoms with E-state index in [9.17, 15) is 0 Å². The van der Waals surface area contributed by atoms with Gasteiger partial charge in [-0.1, -0.05) is 392 Å². The van der Waals surface area contributed by atoms with Gasteiger partial charge < -0.3 is 18.3 Å². The third kappa shape index (κ3) is 10.4. The summed E-state index contributed by atoms with van der Waals surface area (Å²) in [5.41, 5.74) is 44.4. The van der Waals surface area contributed by atoms with Crippen molar-refractivity contribution in [2.45, 2.75) is 49.4 Å². The SMILES string of the molecule is CC1(C)c2ccccc2-c2cccc(-n3c4ccccc4c4cc(-c5ccc6c(c5)c5ccccc5n6-c5cccc6c5C(C)(C)c5ccccc5-6)ccc43)c21.c1ccc(C2(c3ccccc3)c3ccccc3-c3cccc(-n4c5ccccc5c5cc(-c6ccc7c(c6)c6ccccc6n7-c6cccc7c6C(c6ccccc6)(c6ccccc6)c6ccccc6-7)ccc54)c32)cc1. The van der Waals surface area contributed by atoms with Crippen LogP contribution in [0.3, 0.4) is 0 Å². The molecule has 24 aromatic rings. The molecule has 20 aromatic carbocycles. The molecule has 4 aliphatic carbocycles. The lowest BCUT2D eigenvalue weighted by Crippen LogP contribution is -2.29. The first-order chi connectivity index (χ1) is 65.1. The number of hydrogen-bond acceptors (Lipinski definition) is 0. The number of aromatic nitrogens is 4. The van der Waals surface area contributed by atoms with Gasteiger partial charge in [-0.3, -0.25) is 0 Å². The van der Waals surface area contributed by atoms with E-state index in [4.69, 9.17) is 0 Å². The van der Waals surface area contributed by atoms with E-state index in [-0.39, 0.29) is 10.8 Å². The lowest BCUT2D eigenvalue weighted by molar-refractivity contribution is 0.656. The van der Waals surface area contributed by atoms with Crippen molar-refractivity contribution >= 4 is 87.2 Å². The molecule has 0 atom stereocenters. The Morgan fingerprint density at radius 1 is 0.152 bits per heavy atom. The van der Waals surface area contributed by atoms with Crippen LogP contribution in [0.15, 0.2) is 461 Å². The van der Waals surface area contributed by atoms with Crippen LogP contribution in [-0.2, 0) is 21.7 Å². The van der Waals surface area contributed by atoms with Gasteiger partial charge in [0.15, 0.2) is 0 Å². The second kappa shape index (κ2) is 28.5. The number of benzene rings is 20. The van der Waals surface area contributed by atoms with Crippen molar-refractivity contribution in [3.05, 3.63) is 528 Å². The molecule has 0 aliphatic heterocycles. The smallest absolute Gasteiger partial charge is 0.0734 e. The minimum Gasteiger partial charge on any atom is -0.309 e. The summed E-state index contributed by atoms with van der Waals surface area (Å²) >= 11 is 0. The monoisotopic (exact) mass is 1680 g/mol. The minimum absolute atomic E-state index is 0.117. The highest BCUT2D eigenvalue weighted by molar-refractivity contribution is 6.16. The minimum atomic E-state index is -0.550. The fourth-order valence-corrected chi connectivity index (χ4v) is 25.0. The van der Waals surface area contributed by atoms with Gasteiger partial charge in [-0.15, -0.1) is 0 Å². The predicted octanol–water partition coefficient (Wildman–Crippen LogP) is 32.4. The van der Waals surface area contributed by atoms with Gasteiger partial charge in [0.1, 0.15) is 0 Å². The maximum atomic E-state index is 2.54. The standard InChI is InChI=1S/C74H48N2.C54H40N2/c1-5-23-51(24-6-1)73(52-25-7-2-8-26-52)63-37-17-13-31-55(63)59-35-21-41-69(71(59)73)75-65-39-19-15-33-57(65)61-47-49(43-45-67(61)75)50-44-46-68-62(48-50)58-34-16-20-40-66(58)76(68)70-42-22-36-60-56-32-14-18-38-64(56)74(72(60)70,53-27-9-3-10-28-53)54-29-11-4-12-30-54;1-53(2)43-21-9-5-15-35(43)39-19-13-25-49(51(39)53)55-45-23-11-7-17-37(45)41-31-33(27-29-47(41)55)34-28-30-48-42(32-34)38-18-8-12-24-46(38)56(48)50-26-14-20-40-36-16-6-10-22-44(36)54(3,4)52(40)50/h1-48H;5-32H,1-4H3. The van der Waals surface area contributed by atoms with Crippen LogP contribution in [0, 0.1) is 0 Å². The third-order valence-electron chi connectivity index (χ3n) is 30.3. The Bertz CT molecular complexity index is 8350. The number of nitrogens with zero attached hydrogens (tertiary/aromatic N) is 4. The molecule has 4 aliphatic rings. The van der Waals surface area contributed by atoms with Crippen molar-refractivity contribution in [1.29, 1.82) is 0 Å². The summed E-state index contributed by atoms with van der Waals surface area (Å²) < 4.78 is 10.1. The number of fused-ring (bicyclic) bond motifs is 24. The normalized spacial score (nSPS) is 14.2. The quantitative estimate of drug-likeness (QED) is 0.130. The molecule has 620 valence electrons. The fraction of sp³-hybridized carbons (Fsp3) is 0.0625. The van der Waals surface area contributed by atoms with Crippen LogP contribution in [0.25, 0.3) is 177 Å². The Hall–Kier alpha value is -16.4. The molecular formula is C128H88N4. The van der Waals surface area contributed by atoms with E-state index in [1.54, 1.807) is 0 Å². The van der Waals surface area contributed by atoms with Gasteiger partial charge in [-0.2, -0.15) is 0 Å². The van der Waals surface area contributed by atoms with Crippen LogP contribution in [0.2, 0.25) is 0 Å². The molecule has 132 heavy (non-hydrogen) atoms. The van der Waals surface area contributed by atoms with Crippen LogP contribution >= 0.6 is 0 Å². The number of para-hydroxylation sites is 4. The second-order valence-electron chi connectivity index (χ2n) is 37.5. The maximum Gasteiger partial charge on any atom is 0.0734 e. The van der Waals surface area contributed by atoms with Crippen molar-refractivity contribution < 1.29 is 0 Å². The highest BCUT2D eigenvalue weighted by Gasteiger charge is 2.51. The van der Waals surface area contributed by atoms with Crippen molar-refractivity contribution in [3.8, 4) is 89.5 Å². The molecule has 0 spiro atoms. The molecule has 0 amide bonds. The molecule has 0 fully saturated rings. The lowest BCUT2D eigenvalue weighted by atomic mass is 9.67. The van der Waals surface area contributed by atoms with Gasteiger partial charge in [0.2, 0.25) is 0 Å². The van der Waals surface area contributed by atoms with E-state index in [0.717, 1.165) is 0 Å². The highest BCUT2D eigenvalue weighted by Crippen LogP contribution is 2.62. The molecule has 0 saturated heterocycles. The molecule has 0 radical (unpaired) electrons. The molecule has 4 heterocycles. The van der Waals surface area contributed by atoms with Crippen LogP contribution in [0.4, 0.5) is 0 Å². The summed E-state index contributed by atoms with van der Waals surface area (Å²) in [6.07, 6.45) is 0. The first kappa shape index (κ1) is 75.7. The summed E-state index contributed by atoms with van der Waals surface area (Å²) in [5.74, 6) is 0. The lowest BCUT2D eigenvalue weighted by Gasteiger charge is -2.35. The Labute approximate surface area is 766 Å². The molecule has 4 aromatic heterocycles. The second-order valence-corrected chi connectivity index (χ2v) is 37.5. The summed E-state index contributed by atoms with van der Waals surface area (Å²) in [7, 11) is 0. The Kier molecular flexibility index (Phi) is 16.4. The van der Waals surface area contributed by atoms with Gasteiger partial charge in [0, 0.05) is 65.0 Å². The maximum absolute atomic E-state index is 2.54. The van der Waals surface area contributed by atoms with E-state index in [0.29, 0.717) is 0 Å². The largest absolute Gasteiger partial charge is 0.309 e. The predicted molar refractivity (Wildman–Crippen MR) is 551 cm³/mol. The van der Waals surface area contributed by atoms with Crippen LogP contribution in [0.1, 0.15) is 94.5 Å². The van der Waals surface area contributed by atoms with Crippen molar-refractivity contribution in [1.82, 2.24) is 18.3 Å². The van der Waals surface area contributed by atoms with E-state index in [1.165, 1.54) is 243 Å². The summed E-state index contributed by atoms with van der Waals surface area (Å²) in [5, 5.41) is 10.0. The molecular weight excluding hydrogens is 1590 g/mol. The molecule has 4 heteroatoms. The van der Waals surface area contributed by atoms with Crippen molar-refractivity contribution in [2.24, 2.45) is 0 Å². The zero-order valence-corrected chi connectivity index (χ0v) is 73.7. The zero-order valence-electron chi connectivity index (χ0n) is 73.7. The van der Waals surface area contributed by atoms with Crippen molar-refractivity contribution in [3.63, 3.8) is 0 Å². The Balaban J connectivity index is 0.000000141. The van der Waals surface area contributed by atoms with Gasteiger partial charge in [0.05, 0.1) is 77.7 Å². The molecule has 0 saturated carbocycles. The molecule has 0 unspecified atom stereocenters. The number of hydrogen-bond donors (Lipinski definition) is 0. The highest BCUT2D eigenvalue weighted by atomic mass is 15.0. The van der Waals surface area contributed by atoms with Gasteiger partial charge in [0.25, 0.3) is 0 Å². The van der Waals surface area contributed by atoms with Gasteiger partial charge in [-0.05, 0) is 219 Å².